The molecule has 0 spiro atoms. The number of nitrogens with one attached hydrogen (secondary N) is 2. The number of hydrogen-bond donors (Lipinski definition) is 2. The number of nitrogens with zero attached hydrogens (tertiary/aromatic N) is 1. The first-order chi connectivity index (χ1) is 10.5. The van der Waals surface area contributed by atoms with Gasteiger partial charge >= 0.3 is 0 Å². The number of benzene rings is 1. The molecule has 1 aliphatic rings. The first-order valence-electron chi connectivity index (χ1n) is 7.12. The molecule has 1 aromatic heterocycles. The van der Waals surface area contributed by atoms with Crippen LogP contribution in [0.15, 0.2) is 28.7 Å². The molecule has 0 unspecified atom stereocenters. The third-order valence-corrected chi connectivity index (χ3v) is 3.90. The molecule has 114 valence electrons. The largest absolute Gasteiger partial charge is 0.438 e. The first kappa shape index (κ1) is 14.2. The Bertz CT molecular complexity index is 806. The van der Waals surface area contributed by atoms with E-state index in [1.165, 1.54) is 24.3 Å². The summed E-state index contributed by atoms with van der Waals surface area (Å²) in [5.41, 5.74) is 0.118. The lowest BCUT2D eigenvalue weighted by atomic mass is 10.1. The van der Waals surface area contributed by atoms with Crippen molar-refractivity contribution in [1.82, 2.24) is 5.32 Å². The number of fused-ring (bicyclic) bond motifs is 1. The highest BCUT2D eigenvalue weighted by atomic mass is 16.6. The monoisotopic (exact) mass is 301 g/mol. The van der Waals surface area contributed by atoms with E-state index in [0.29, 0.717) is 11.0 Å². The Labute approximate surface area is 125 Å². The lowest BCUT2D eigenvalue weighted by Crippen LogP contribution is -2.35. The van der Waals surface area contributed by atoms with E-state index in [1.807, 2.05) is 0 Å². The van der Waals surface area contributed by atoms with Gasteiger partial charge in [0.2, 0.25) is 5.55 Å². The molecule has 2 aromatic rings. The Morgan fingerprint density at radius 3 is 2.73 bits per heavy atom. The lowest BCUT2D eigenvalue weighted by molar-refractivity contribution is -0.384. The van der Waals surface area contributed by atoms with Crippen LogP contribution in [-0.4, -0.2) is 16.9 Å². The molecule has 1 heterocycles. The standard InChI is InChI=1S/C15H15N3O4/c16-14-12(15(19)17-10-3-1-2-4-10)8-9-7-11(18(20)21)5-6-13(9)22-14/h5-8,10,16H,1-4H2,(H,17,19). The van der Waals surface area contributed by atoms with E-state index >= 15 is 0 Å². The second kappa shape index (κ2) is 5.59. The van der Waals surface area contributed by atoms with Gasteiger partial charge in [0.25, 0.3) is 11.6 Å². The van der Waals surface area contributed by atoms with E-state index in [0.717, 1.165) is 25.7 Å². The summed E-state index contributed by atoms with van der Waals surface area (Å²) in [7, 11) is 0. The van der Waals surface area contributed by atoms with Crippen molar-refractivity contribution in [3.05, 3.63) is 45.5 Å². The maximum Gasteiger partial charge on any atom is 0.270 e. The van der Waals surface area contributed by atoms with Crippen LogP contribution >= 0.6 is 0 Å². The number of carbonyl (C=O) groups is 1. The molecule has 0 radical (unpaired) electrons. The fraction of sp³-hybridized carbons (Fsp3) is 0.333. The summed E-state index contributed by atoms with van der Waals surface area (Å²) in [5, 5.41) is 22.0. The third-order valence-electron chi connectivity index (χ3n) is 3.90. The Balaban J connectivity index is 1.97. The lowest BCUT2D eigenvalue weighted by Gasteiger charge is -2.11. The average molecular weight is 301 g/mol. The highest BCUT2D eigenvalue weighted by Gasteiger charge is 2.20. The van der Waals surface area contributed by atoms with Crippen LogP contribution in [0.2, 0.25) is 0 Å². The van der Waals surface area contributed by atoms with Crippen molar-refractivity contribution in [2.75, 3.05) is 0 Å². The van der Waals surface area contributed by atoms with Gasteiger partial charge in [0, 0.05) is 23.6 Å². The van der Waals surface area contributed by atoms with Crippen LogP contribution in [0.1, 0.15) is 36.0 Å². The van der Waals surface area contributed by atoms with Gasteiger partial charge in [-0.05, 0) is 25.0 Å². The molecule has 1 fully saturated rings. The summed E-state index contributed by atoms with van der Waals surface area (Å²) in [5.74, 6) is -0.367. The maximum absolute atomic E-state index is 12.3. The van der Waals surface area contributed by atoms with Gasteiger partial charge in [0.05, 0.1) is 4.92 Å². The molecule has 1 saturated carbocycles. The van der Waals surface area contributed by atoms with Crippen molar-refractivity contribution in [3.8, 4) is 0 Å². The van der Waals surface area contributed by atoms with Gasteiger partial charge in [-0.2, -0.15) is 0 Å². The number of carbonyl (C=O) groups excluding carboxylic acids is 1. The summed E-state index contributed by atoms with van der Waals surface area (Å²) >= 11 is 0. The number of amides is 1. The van der Waals surface area contributed by atoms with Crippen LogP contribution in [0.3, 0.4) is 0 Å². The molecule has 0 bridgehead atoms. The number of nitro groups is 1. The van der Waals surface area contributed by atoms with Crippen molar-refractivity contribution >= 4 is 22.6 Å². The van der Waals surface area contributed by atoms with Crippen molar-refractivity contribution < 1.29 is 14.1 Å². The molecule has 1 amide bonds. The predicted octanol–water partition coefficient (Wildman–Crippen LogP) is 2.49. The highest BCUT2D eigenvalue weighted by Crippen LogP contribution is 2.21. The zero-order valence-corrected chi connectivity index (χ0v) is 11.8. The van der Waals surface area contributed by atoms with Crippen LogP contribution in [-0.2, 0) is 0 Å². The SMILES string of the molecule is N=c1oc2ccc([N+](=O)[O-])cc2cc1C(=O)NC1CCCC1. The minimum absolute atomic E-state index is 0.0809. The number of nitro benzene ring substituents is 1. The molecule has 22 heavy (non-hydrogen) atoms. The molecule has 1 aliphatic carbocycles. The number of non-ortho nitro benzene ring substituents is 1. The van der Waals surface area contributed by atoms with Crippen molar-refractivity contribution in [2.24, 2.45) is 0 Å². The Hall–Kier alpha value is -2.70. The second-order valence-electron chi connectivity index (χ2n) is 5.42. The van der Waals surface area contributed by atoms with E-state index in [-0.39, 0.29) is 28.8 Å². The van der Waals surface area contributed by atoms with Crippen LogP contribution in [0.4, 0.5) is 5.69 Å². The summed E-state index contributed by atoms with van der Waals surface area (Å²) in [6.45, 7) is 0. The fourth-order valence-electron chi connectivity index (χ4n) is 2.74. The van der Waals surface area contributed by atoms with Gasteiger partial charge in [-0.3, -0.25) is 20.3 Å². The summed E-state index contributed by atoms with van der Waals surface area (Å²) in [4.78, 5) is 22.6. The van der Waals surface area contributed by atoms with Gasteiger partial charge < -0.3 is 9.73 Å². The quantitative estimate of drug-likeness (QED) is 0.670. The van der Waals surface area contributed by atoms with Gasteiger partial charge in [0.1, 0.15) is 11.1 Å². The molecule has 0 aliphatic heterocycles. The first-order valence-corrected chi connectivity index (χ1v) is 7.12. The Kier molecular flexibility index (Phi) is 3.62. The molecule has 0 atom stereocenters. The zero-order valence-electron chi connectivity index (χ0n) is 11.8. The number of hydrogen-bond acceptors (Lipinski definition) is 5. The van der Waals surface area contributed by atoms with Crippen LogP contribution < -0.4 is 10.9 Å². The fourth-order valence-corrected chi connectivity index (χ4v) is 2.74. The van der Waals surface area contributed by atoms with Crippen LogP contribution in [0, 0.1) is 15.5 Å². The van der Waals surface area contributed by atoms with E-state index in [1.54, 1.807) is 0 Å². The van der Waals surface area contributed by atoms with Gasteiger partial charge in [0.15, 0.2) is 0 Å². The van der Waals surface area contributed by atoms with E-state index < -0.39 is 4.92 Å². The van der Waals surface area contributed by atoms with Crippen LogP contribution in [0.5, 0.6) is 0 Å². The predicted molar refractivity (Wildman–Crippen MR) is 78.4 cm³/mol. The molecule has 7 heteroatoms. The molecule has 3 rings (SSSR count). The van der Waals surface area contributed by atoms with Crippen molar-refractivity contribution in [2.45, 2.75) is 31.7 Å². The normalized spacial score (nSPS) is 15.1. The van der Waals surface area contributed by atoms with E-state index in [9.17, 15) is 14.9 Å². The van der Waals surface area contributed by atoms with Gasteiger partial charge in [-0.15, -0.1) is 0 Å². The average Bonchev–Trinajstić information content (AvgIpc) is 2.98. The minimum Gasteiger partial charge on any atom is -0.438 e. The molecule has 7 nitrogen and oxygen atoms in total. The van der Waals surface area contributed by atoms with Gasteiger partial charge in [-0.1, -0.05) is 12.8 Å². The van der Waals surface area contributed by atoms with Gasteiger partial charge in [-0.25, -0.2) is 0 Å². The highest BCUT2D eigenvalue weighted by molar-refractivity contribution is 5.96. The molecule has 2 N–H and O–H groups in total. The summed E-state index contributed by atoms with van der Waals surface area (Å²) < 4.78 is 5.30. The number of rotatable bonds is 3. The van der Waals surface area contributed by atoms with E-state index in [4.69, 9.17) is 9.83 Å². The topological polar surface area (TPSA) is 109 Å². The van der Waals surface area contributed by atoms with E-state index in [2.05, 4.69) is 5.32 Å². The molecular formula is C15H15N3O4. The maximum atomic E-state index is 12.3. The van der Waals surface area contributed by atoms with Crippen molar-refractivity contribution in [3.63, 3.8) is 0 Å². The minimum atomic E-state index is -0.508. The Morgan fingerprint density at radius 1 is 1.32 bits per heavy atom. The molecule has 1 aromatic carbocycles. The third kappa shape index (κ3) is 2.69. The summed E-state index contributed by atoms with van der Waals surface area (Å²) in [6, 6.07) is 5.68. The zero-order chi connectivity index (χ0) is 15.7. The second-order valence-corrected chi connectivity index (χ2v) is 5.42. The summed E-state index contributed by atoms with van der Waals surface area (Å²) in [6.07, 6.45) is 4.06. The van der Waals surface area contributed by atoms with Crippen molar-refractivity contribution in [1.29, 1.82) is 5.41 Å². The smallest absolute Gasteiger partial charge is 0.270 e. The Morgan fingerprint density at radius 2 is 2.05 bits per heavy atom. The molecular weight excluding hydrogens is 286 g/mol. The van der Waals surface area contributed by atoms with Crippen LogP contribution in [0.25, 0.3) is 11.0 Å². The molecule has 0 saturated heterocycles.